The van der Waals surface area contributed by atoms with Crippen molar-refractivity contribution in [1.29, 1.82) is 0 Å². The Hall–Kier alpha value is -4.77. The van der Waals surface area contributed by atoms with Crippen molar-refractivity contribution in [2.24, 2.45) is 4.99 Å². The van der Waals surface area contributed by atoms with Crippen LogP contribution in [0.1, 0.15) is 31.2 Å². The second-order valence-corrected chi connectivity index (χ2v) is 9.56. The fourth-order valence-corrected chi connectivity index (χ4v) is 5.47. The lowest BCUT2D eigenvalue weighted by atomic mass is 9.96. The van der Waals surface area contributed by atoms with Crippen LogP contribution in [0.5, 0.6) is 5.75 Å². The first-order valence-corrected chi connectivity index (χ1v) is 12.8. The number of furan rings is 1. The number of esters is 1. The molecule has 0 aliphatic carbocycles. The summed E-state index contributed by atoms with van der Waals surface area (Å²) in [4.78, 5) is 42.7. The van der Waals surface area contributed by atoms with Gasteiger partial charge in [0.2, 0.25) is 0 Å². The van der Waals surface area contributed by atoms with Crippen molar-refractivity contribution in [1.82, 2.24) is 4.57 Å². The van der Waals surface area contributed by atoms with Crippen molar-refractivity contribution in [2.45, 2.75) is 19.9 Å². The van der Waals surface area contributed by atoms with Crippen LogP contribution >= 0.6 is 11.3 Å². The third kappa shape index (κ3) is 4.79. The smallest absolute Gasteiger partial charge is 0.338 e. The molecule has 0 radical (unpaired) electrons. The molecule has 0 N–H and O–H groups in total. The molecule has 0 unspecified atom stereocenters. The summed E-state index contributed by atoms with van der Waals surface area (Å²) in [5, 5.41) is 11.4. The number of rotatable bonds is 7. The second kappa shape index (κ2) is 10.5. The number of nitrogens with zero attached hydrogens (tertiary/aromatic N) is 3. The molecular weight excluding hydrogens is 522 g/mol. The first-order valence-electron chi connectivity index (χ1n) is 12.0. The Morgan fingerprint density at radius 2 is 1.92 bits per heavy atom. The lowest BCUT2D eigenvalue weighted by Crippen LogP contribution is -2.39. The predicted molar refractivity (Wildman–Crippen MR) is 144 cm³/mol. The maximum absolute atomic E-state index is 13.7. The summed E-state index contributed by atoms with van der Waals surface area (Å²) >= 11 is 1.16. The van der Waals surface area contributed by atoms with E-state index >= 15 is 0 Å². The van der Waals surface area contributed by atoms with Crippen LogP contribution in [0.4, 0.5) is 5.69 Å². The fraction of sp³-hybridized carbons (Fsp3) is 0.179. The summed E-state index contributed by atoms with van der Waals surface area (Å²) in [6.45, 7) is 3.61. The van der Waals surface area contributed by atoms with E-state index in [2.05, 4.69) is 4.99 Å². The van der Waals surface area contributed by atoms with Gasteiger partial charge in [0.25, 0.3) is 11.2 Å². The molecule has 10 nitrogen and oxygen atoms in total. The monoisotopic (exact) mass is 545 g/mol. The van der Waals surface area contributed by atoms with E-state index in [1.165, 1.54) is 10.6 Å². The number of carbonyl (C=O) groups is 1. The zero-order valence-corrected chi connectivity index (χ0v) is 22.1. The van der Waals surface area contributed by atoms with Gasteiger partial charge in [0.1, 0.15) is 17.3 Å². The van der Waals surface area contributed by atoms with E-state index in [1.54, 1.807) is 81.6 Å². The average Bonchev–Trinajstić information content (AvgIpc) is 3.52. The number of ether oxygens (including phenoxy) is 2. The van der Waals surface area contributed by atoms with Crippen LogP contribution in [0.25, 0.3) is 17.4 Å². The molecule has 11 heteroatoms. The Morgan fingerprint density at radius 3 is 2.62 bits per heavy atom. The molecule has 0 saturated carbocycles. The van der Waals surface area contributed by atoms with Crippen LogP contribution in [0.2, 0.25) is 0 Å². The third-order valence-electron chi connectivity index (χ3n) is 6.21. The Bertz CT molecular complexity index is 1800. The molecule has 0 bridgehead atoms. The Kier molecular flexibility index (Phi) is 6.99. The van der Waals surface area contributed by atoms with Crippen LogP contribution in [-0.2, 0) is 9.53 Å². The average molecular weight is 546 g/mol. The van der Waals surface area contributed by atoms with E-state index < -0.39 is 16.9 Å². The first kappa shape index (κ1) is 25.9. The summed E-state index contributed by atoms with van der Waals surface area (Å²) in [5.41, 5.74) is 1.31. The van der Waals surface area contributed by atoms with Crippen LogP contribution in [0.3, 0.4) is 0 Å². The summed E-state index contributed by atoms with van der Waals surface area (Å²) in [5.74, 6) is 0.736. The van der Waals surface area contributed by atoms with Gasteiger partial charge in [-0.25, -0.2) is 9.79 Å². The third-order valence-corrected chi connectivity index (χ3v) is 7.20. The minimum Gasteiger partial charge on any atom is -0.497 e. The molecule has 1 aliphatic rings. The van der Waals surface area contributed by atoms with E-state index in [0.29, 0.717) is 43.4 Å². The number of carbonyl (C=O) groups excluding carboxylic acids is 1. The molecule has 5 rings (SSSR count). The Morgan fingerprint density at radius 1 is 1.18 bits per heavy atom. The maximum atomic E-state index is 13.7. The van der Waals surface area contributed by atoms with Gasteiger partial charge in [0.15, 0.2) is 4.80 Å². The van der Waals surface area contributed by atoms with Crippen LogP contribution in [0, 0.1) is 10.1 Å². The molecule has 2 aromatic heterocycles. The van der Waals surface area contributed by atoms with E-state index in [0.717, 1.165) is 11.3 Å². The largest absolute Gasteiger partial charge is 0.497 e. The van der Waals surface area contributed by atoms with Gasteiger partial charge >= 0.3 is 5.97 Å². The van der Waals surface area contributed by atoms with Gasteiger partial charge < -0.3 is 13.9 Å². The molecule has 39 heavy (non-hydrogen) atoms. The van der Waals surface area contributed by atoms with Gasteiger partial charge in [-0.1, -0.05) is 35.6 Å². The van der Waals surface area contributed by atoms with E-state index in [9.17, 15) is 19.7 Å². The molecule has 2 aromatic carbocycles. The fourth-order valence-electron chi connectivity index (χ4n) is 4.44. The molecule has 0 spiro atoms. The van der Waals surface area contributed by atoms with Crippen LogP contribution < -0.4 is 19.6 Å². The highest BCUT2D eigenvalue weighted by Crippen LogP contribution is 2.32. The SMILES string of the molecule is CCOC(=O)C1=C(C)N=c2s/c(=C/c3ccc(-c4ccccc4[N+](=O)[O-])o3)c(=O)n2[C@@H]1c1ccc(OC)cc1. The lowest BCUT2D eigenvalue weighted by molar-refractivity contribution is -0.384. The number of aromatic nitrogens is 1. The number of hydrogen-bond donors (Lipinski definition) is 0. The Labute approximate surface area is 225 Å². The number of thiazole rings is 1. The summed E-state index contributed by atoms with van der Waals surface area (Å²) < 4.78 is 18.3. The summed E-state index contributed by atoms with van der Waals surface area (Å²) in [6, 6.07) is 15.9. The lowest BCUT2D eigenvalue weighted by Gasteiger charge is -2.24. The van der Waals surface area contributed by atoms with Crippen molar-refractivity contribution in [3.63, 3.8) is 0 Å². The highest BCUT2D eigenvalue weighted by molar-refractivity contribution is 7.07. The number of methoxy groups -OCH3 is 1. The number of nitro groups is 1. The van der Waals surface area contributed by atoms with Gasteiger partial charge in [-0.2, -0.15) is 0 Å². The summed E-state index contributed by atoms with van der Waals surface area (Å²) in [7, 11) is 1.56. The van der Waals surface area contributed by atoms with Gasteiger partial charge in [-0.05, 0) is 49.7 Å². The maximum Gasteiger partial charge on any atom is 0.338 e. The van der Waals surface area contributed by atoms with E-state index in [-0.39, 0.29) is 23.4 Å². The van der Waals surface area contributed by atoms with E-state index in [4.69, 9.17) is 13.9 Å². The molecule has 1 aliphatic heterocycles. The van der Waals surface area contributed by atoms with Crippen molar-refractivity contribution >= 4 is 29.1 Å². The standard InChI is InChI=1S/C28H23N3O7S/c1-4-37-27(33)24-16(2)29-28-30(25(24)17-9-11-18(36-3)12-10-17)26(32)23(39-28)15-19-13-14-22(38-19)20-7-5-6-8-21(20)31(34)35/h5-15,25H,4H2,1-3H3/b23-15+/t25-/m1/s1. The highest BCUT2D eigenvalue weighted by atomic mass is 32.1. The van der Waals surface area contributed by atoms with Crippen molar-refractivity contribution in [3.8, 4) is 17.1 Å². The minimum absolute atomic E-state index is 0.0840. The molecule has 198 valence electrons. The van der Waals surface area contributed by atoms with E-state index in [1.807, 2.05) is 0 Å². The van der Waals surface area contributed by atoms with Crippen LogP contribution in [0.15, 0.2) is 86.1 Å². The molecular formula is C28H23N3O7S. The predicted octanol–water partition coefficient (Wildman–Crippen LogP) is 3.98. The summed E-state index contributed by atoms with van der Waals surface area (Å²) in [6.07, 6.45) is 1.57. The first-order chi connectivity index (χ1) is 18.8. The van der Waals surface area contributed by atoms with Gasteiger partial charge in [-0.15, -0.1) is 0 Å². The van der Waals surface area contributed by atoms with Gasteiger partial charge in [-0.3, -0.25) is 19.5 Å². The number of hydrogen-bond acceptors (Lipinski definition) is 9. The molecule has 4 aromatic rings. The van der Waals surface area contributed by atoms with Gasteiger partial charge in [0, 0.05) is 12.1 Å². The van der Waals surface area contributed by atoms with Crippen molar-refractivity contribution in [3.05, 3.63) is 113 Å². The number of fused-ring (bicyclic) bond motifs is 1. The normalized spacial score (nSPS) is 15.1. The highest BCUT2D eigenvalue weighted by Gasteiger charge is 2.33. The zero-order valence-electron chi connectivity index (χ0n) is 21.2. The molecule has 0 fully saturated rings. The molecule has 0 saturated heterocycles. The second-order valence-electron chi connectivity index (χ2n) is 8.55. The van der Waals surface area contributed by atoms with Crippen LogP contribution in [-0.4, -0.2) is 29.2 Å². The number of benzene rings is 2. The molecule has 0 amide bonds. The topological polar surface area (TPSA) is 126 Å². The number of allylic oxidation sites excluding steroid dienone is 1. The minimum atomic E-state index is -0.757. The number of para-hydroxylation sites is 1. The molecule has 3 heterocycles. The quantitative estimate of drug-likeness (QED) is 0.195. The Balaban J connectivity index is 1.63. The van der Waals surface area contributed by atoms with Gasteiger partial charge in [0.05, 0.1) is 46.0 Å². The van der Waals surface area contributed by atoms with Crippen molar-refractivity contribution < 1.29 is 23.6 Å². The zero-order chi connectivity index (χ0) is 27.7. The molecule has 1 atom stereocenters. The number of nitro benzene ring substituents is 1. The van der Waals surface area contributed by atoms with Crippen molar-refractivity contribution in [2.75, 3.05) is 13.7 Å².